The quantitative estimate of drug-likeness (QED) is 0.476. The van der Waals surface area contributed by atoms with Gasteiger partial charge in [-0.2, -0.15) is 0 Å². The molecule has 3 aromatic carbocycles. The van der Waals surface area contributed by atoms with E-state index in [1.165, 1.54) is 5.56 Å². The van der Waals surface area contributed by atoms with Crippen LogP contribution >= 0.6 is 15.9 Å². The summed E-state index contributed by atoms with van der Waals surface area (Å²) in [6, 6.07) is 21.1. The molecule has 0 spiro atoms. The highest BCUT2D eigenvalue weighted by Crippen LogP contribution is 2.42. The fourth-order valence-electron chi connectivity index (χ4n) is 4.42. The molecule has 1 aliphatic rings. The molecule has 0 fully saturated rings. The molecule has 1 heterocycles. The maximum Gasteiger partial charge on any atom is 0.137 e. The maximum absolute atomic E-state index is 9.62. The Labute approximate surface area is 192 Å². The first-order valence-electron chi connectivity index (χ1n) is 10.5. The highest BCUT2D eigenvalue weighted by Gasteiger charge is 2.32. The molecule has 5 heteroatoms. The Balaban J connectivity index is 1.94. The Hall–Kier alpha value is -2.63. The molecule has 0 aromatic heterocycles. The van der Waals surface area contributed by atoms with E-state index in [-0.39, 0.29) is 12.6 Å². The summed E-state index contributed by atoms with van der Waals surface area (Å²) < 4.78 is 6.61. The van der Waals surface area contributed by atoms with Crippen LogP contribution in [0.3, 0.4) is 0 Å². The number of hydrogen-bond donors (Lipinski definition) is 1. The van der Waals surface area contributed by atoms with Crippen molar-refractivity contribution < 1.29 is 9.84 Å². The molecule has 4 rings (SSSR count). The van der Waals surface area contributed by atoms with E-state index in [1.807, 2.05) is 12.1 Å². The lowest BCUT2D eigenvalue weighted by Crippen LogP contribution is -2.39. The van der Waals surface area contributed by atoms with Crippen LogP contribution in [0.25, 0.3) is 0 Å². The summed E-state index contributed by atoms with van der Waals surface area (Å²) in [6.07, 6.45) is 0.666. The van der Waals surface area contributed by atoms with E-state index in [2.05, 4.69) is 83.2 Å². The van der Waals surface area contributed by atoms with E-state index in [4.69, 9.17) is 9.73 Å². The van der Waals surface area contributed by atoms with E-state index in [9.17, 15) is 5.11 Å². The van der Waals surface area contributed by atoms with E-state index in [0.29, 0.717) is 13.0 Å². The van der Waals surface area contributed by atoms with Gasteiger partial charge in [0.1, 0.15) is 11.6 Å². The minimum absolute atomic E-state index is 0.00969. The molecule has 31 heavy (non-hydrogen) atoms. The zero-order chi connectivity index (χ0) is 22.0. The van der Waals surface area contributed by atoms with Gasteiger partial charge in [-0.1, -0.05) is 46.3 Å². The Morgan fingerprint density at radius 2 is 1.74 bits per heavy atom. The van der Waals surface area contributed by atoms with Crippen molar-refractivity contribution in [2.75, 3.05) is 20.3 Å². The highest BCUT2D eigenvalue weighted by molar-refractivity contribution is 9.10. The van der Waals surface area contributed by atoms with Crippen molar-refractivity contribution in [2.45, 2.75) is 26.3 Å². The number of methoxy groups -OCH3 is 1. The van der Waals surface area contributed by atoms with E-state index >= 15 is 0 Å². The van der Waals surface area contributed by atoms with Gasteiger partial charge < -0.3 is 14.7 Å². The number of rotatable bonds is 6. The number of nitrogens with zero attached hydrogens (tertiary/aromatic N) is 2. The Bertz CT molecular complexity index is 1090. The number of aliphatic imine (C=N–C) groups is 1. The lowest BCUT2D eigenvalue weighted by Gasteiger charge is -2.39. The number of fused-ring (bicyclic) bond motifs is 1. The van der Waals surface area contributed by atoms with E-state index < -0.39 is 0 Å². The third-order valence-corrected chi connectivity index (χ3v) is 6.18. The average Bonchev–Trinajstić information content (AvgIpc) is 2.77. The molecule has 3 aromatic rings. The zero-order valence-corrected chi connectivity index (χ0v) is 19.7. The molecule has 1 N–H and O–H groups in total. The van der Waals surface area contributed by atoms with Crippen molar-refractivity contribution in [3.8, 4) is 5.75 Å². The van der Waals surface area contributed by atoms with Crippen molar-refractivity contribution in [1.29, 1.82) is 0 Å². The third-order valence-electron chi connectivity index (χ3n) is 5.69. The summed E-state index contributed by atoms with van der Waals surface area (Å²) >= 11 is 3.64. The van der Waals surface area contributed by atoms with Gasteiger partial charge in [0.15, 0.2) is 0 Å². The molecule has 0 aliphatic carbocycles. The van der Waals surface area contributed by atoms with Crippen molar-refractivity contribution in [2.24, 2.45) is 4.99 Å². The lowest BCUT2D eigenvalue weighted by molar-refractivity contribution is 0.254. The monoisotopic (exact) mass is 478 g/mol. The number of hydrogen-bond acceptors (Lipinski definition) is 4. The first kappa shape index (κ1) is 21.6. The van der Waals surface area contributed by atoms with Gasteiger partial charge in [0.25, 0.3) is 0 Å². The SMILES string of the molecule is COc1c(C)cc(C2=Nc3ccc(Br)cc3C(c3ccccc3)N2CCCO)cc1C. The minimum atomic E-state index is 0.00969. The number of benzene rings is 3. The normalized spacial score (nSPS) is 15.5. The number of aryl methyl sites for hydroxylation is 2. The molecule has 1 aliphatic heterocycles. The van der Waals surface area contributed by atoms with Crippen molar-refractivity contribution in [1.82, 2.24) is 4.90 Å². The fourth-order valence-corrected chi connectivity index (χ4v) is 4.80. The second-order valence-corrected chi connectivity index (χ2v) is 8.78. The van der Waals surface area contributed by atoms with E-state index in [0.717, 1.165) is 44.0 Å². The predicted octanol–water partition coefficient (Wildman–Crippen LogP) is 5.94. The topological polar surface area (TPSA) is 45.1 Å². The number of ether oxygens (including phenoxy) is 1. The van der Waals surface area contributed by atoms with Crippen LogP contribution < -0.4 is 4.74 Å². The number of aliphatic hydroxyl groups is 1. The van der Waals surface area contributed by atoms with Gasteiger partial charge in [0, 0.05) is 28.8 Å². The molecule has 0 bridgehead atoms. The standard InChI is InChI=1S/C26H27BrN2O2/c1-17-14-20(15-18(2)25(17)31-3)26-28-23-11-10-21(27)16-22(23)24(29(26)12-7-13-30)19-8-5-4-6-9-19/h4-6,8-11,14-16,24,30H,7,12-13H2,1-3H3. The summed E-state index contributed by atoms with van der Waals surface area (Å²) in [5.74, 6) is 1.83. The zero-order valence-electron chi connectivity index (χ0n) is 18.1. The Morgan fingerprint density at radius 1 is 1.03 bits per heavy atom. The molecule has 0 saturated carbocycles. The summed E-state index contributed by atoms with van der Waals surface area (Å²) in [4.78, 5) is 7.42. The molecule has 1 atom stereocenters. The third kappa shape index (κ3) is 4.25. The van der Waals surface area contributed by atoms with Gasteiger partial charge in [-0.05, 0) is 67.3 Å². The fraction of sp³-hybridized carbons (Fsp3) is 0.269. The van der Waals surface area contributed by atoms with Crippen molar-refractivity contribution in [3.63, 3.8) is 0 Å². The second-order valence-electron chi connectivity index (χ2n) is 7.87. The summed E-state index contributed by atoms with van der Waals surface area (Å²) in [6.45, 7) is 4.97. The van der Waals surface area contributed by atoms with Gasteiger partial charge in [-0.15, -0.1) is 0 Å². The van der Waals surface area contributed by atoms with Crippen LogP contribution in [0.5, 0.6) is 5.75 Å². The number of aliphatic hydroxyl groups excluding tert-OH is 1. The molecule has 0 amide bonds. The number of amidine groups is 1. The molecule has 4 nitrogen and oxygen atoms in total. The molecule has 1 unspecified atom stereocenters. The molecule has 0 saturated heterocycles. The Morgan fingerprint density at radius 3 is 2.39 bits per heavy atom. The minimum Gasteiger partial charge on any atom is -0.496 e. The Kier molecular flexibility index (Phi) is 6.44. The largest absolute Gasteiger partial charge is 0.496 e. The first-order valence-corrected chi connectivity index (χ1v) is 11.3. The van der Waals surface area contributed by atoms with Crippen LogP contribution in [0, 0.1) is 13.8 Å². The number of halogens is 1. The van der Waals surface area contributed by atoms with Gasteiger partial charge in [0.2, 0.25) is 0 Å². The van der Waals surface area contributed by atoms with Gasteiger partial charge >= 0.3 is 0 Å². The first-order chi connectivity index (χ1) is 15.0. The molecular weight excluding hydrogens is 452 g/mol. The van der Waals surface area contributed by atoms with Crippen molar-refractivity contribution in [3.05, 3.63) is 93.0 Å². The molecular formula is C26H27BrN2O2. The van der Waals surface area contributed by atoms with Crippen LogP contribution in [0.4, 0.5) is 5.69 Å². The van der Waals surface area contributed by atoms with Crippen molar-refractivity contribution >= 4 is 27.5 Å². The lowest BCUT2D eigenvalue weighted by atomic mass is 9.92. The molecule has 0 radical (unpaired) electrons. The van der Waals surface area contributed by atoms with Gasteiger partial charge in [-0.25, -0.2) is 4.99 Å². The summed E-state index contributed by atoms with van der Waals surface area (Å²) in [7, 11) is 1.71. The predicted molar refractivity (Wildman–Crippen MR) is 130 cm³/mol. The van der Waals surface area contributed by atoms with Crippen LogP contribution in [0.1, 0.15) is 40.3 Å². The maximum atomic E-state index is 9.62. The van der Waals surface area contributed by atoms with Gasteiger partial charge in [0.05, 0.1) is 18.8 Å². The highest BCUT2D eigenvalue weighted by atomic mass is 79.9. The van der Waals surface area contributed by atoms with E-state index in [1.54, 1.807) is 7.11 Å². The summed E-state index contributed by atoms with van der Waals surface area (Å²) in [5, 5.41) is 9.62. The second kappa shape index (κ2) is 9.25. The van der Waals surface area contributed by atoms with Crippen LogP contribution in [0.2, 0.25) is 0 Å². The smallest absolute Gasteiger partial charge is 0.137 e. The summed E-state index contributed by atoms with van der Waals surface area (Å²) in [5.41, 5.74) is 6.56. The van der Waals surface area contributed by atoms with Crippen LogP contribution in [0.15, 0.2) is 70.1 Å². The van der Waals surface area contributed by atoms with Gasteiger partial charge in [-0.3, -0.25) is 0 Å². The van der Waals surface area contributed by atoms with Crippen LogP contribution in [-0.2, 0) is 0 Å². The molecule has 160 valence electrons. The average molecular weight is 479 g/mol. The van der Waals surface area contributed by atoms with Crippen LogP contribution in [-0.4, -0.2) is 36.1 Å².